The third kappa shape index (κ3) is 2.47. The van der Waals surface area contributed by atoms with Gasteiger partial charge in [-0.1, -0.05) is 23.7 Å². The van der Waals surface area contributed by atoms with Crippen LogP contribution < -0.4 is 0 Å². The molecule has 0 bridgehead atoms. The fraction of sp³-hybridized carbons (Fsp3) is 0.273. The molecule has 2 rings (SSSR count). The molecule has 3 nitrogen and oxygen atoms in total. The fourth-order valence-electron chi connectivity index (χ4n) is 1.45. The first kappa shape index (κ1) is 14.7. The first-order valence-electron chi connectivity index (χ1n) is 5.12. The predicted octanol–water partition coefficient (Wildman–Crippen LogP) is 3.21. The third-order valence-corrected chi connectivity index (χ3v) is 2.72. The van der Waals surface area contributed by atoms with Gasteiger partial charge in [0.15, 0.2) is 5.71 Å². The average Bonchev–Trinajstić information content (AvgIpc) is 2.71. The molecule has 1 aromatic carbocycles. The zero-order chi connectivity index (χ0) is 15.1. The lowest BCUT2D eigenvalue weighted by Gasteiger charge is -2.22. The number of benzene rings is 1. The van der Waals surface area contributed by atoms with Crippen LogP contribution in [0, 0.1) is 0 Å². The van der Waals surface area contributed by atoms with Crippen molar-refractivity contribution >= 4 is 23.3 Å². The lowest BCUT2D eigenvalue weighted by Crippen LogP contribution is -2.46. The molecule has 20 heavy (non-hydrogen) atoms. The van der Waals surface area contributed by atoms with Crippen molar-refractivity contribution in [2.24, 2.45) is 4.99 Å². The van der Waals surface area contributed by atoms with E-state index in [1.165, 1.54) is 24.3 Å². The molecular weight excluding hydrogens is 309 g/mol. The zero-order valence-corrected chi connectivity index (χ0v) is 10.2. The van der Waals surface area contributed by atoms with Crippen LogP contribution in [0.15, 0.2) is 29.3 Å². The molecule has 0 aliphatic carbocycles. The summed E-state index contributed by atoms with van der Waals surface area (Å²) in [4.78, 5) is 14.4. The molecule has 0 radical (unpaired) electrons. The van der Waals surface area contributed by atoms with Crippen LogP contribution in [0.4, 0.5) is 22.0 Å². The van der Waals surface area contributed by atoms with Crippen LogP contribution in [0.3, 0.4) is 0 Å². The second kappa shape index (κ2) is 4.69. The summed E-state index contributed by atoms with van der Waals surface area (Å²) in [6, 6.07) is 5.19. The largest absolute Gasteiger partial charge is 0.459 e. The van der Waals surface area contributed by atoms with Crippen LogP contribution >= 0.6 is 11.6 Å². The van der Waals surface area contributed by atoms with E-state index in [1.54, 1.807) is 0 Å². The molecule has 1 unspecified atom stereocenters. The van der Waals surface area contributed by atoms with Gasteiger partial charge in [-0.3, -0.25) is 0 Å². The number of nitrogens with zero attached hydrogens (tertiary/aromatic N) is 1. The lowest BCUT2D eigenvalue weighted by molar-refractivity contribution is -0.310. The second-order valence-corrected chi connectivity index (χ2v) is 4.30. The van der Waals surface area contributed by atoms with E-state index in [4.69, 9.17) is 11.6 Å². The number of hydrogen-bond donors (Lipinski definition) is 0. The minimum absolute atomic E-state index is 0.0416. The van der Waals surface area contributed by atoms with Crippen molar-refractivity contribution in [2.75, 3.05) is 0 Å². The quantitative estimate of drug-likeness (QED) is 0.621. The number of carbonyl (C=O) groups excluding carboxylic acids is 1. The van der Waals surface area contributed by atoms with E-state index in [2.05, 4.69) is 9.73 Å². The van der Waals surface area contributed by atoms with Gasteiger partial charge in [-0.15, -0.1) is 0 Å². The third-order valence-electron chi connectivity index (χ3n) is 2.46. The Morgan fingerprint density at radius 2 is 1.65 bits per heavy atom. The van der Waals surface area contributed by atoms with Gasteiger partial charge in [0.1, 0.15) is 0 Å². The van der Waals surface area contributed by atoms with Gasteiger partial charge in [0, 0.05) is 10.6 Å². The van der Waals surface area contributed by atoms with Gasteiger partial charge in [-0.05, 0) is 12.1 Å². The van der Waals surface area contributed by atoms with Crippen molar-refractivity contribution in [3.63, 3.8) is 0 Å². The van der Waals surface area contributed by atoms with Crippen molar-refractivity contribution < 1.29 is 31.5 Å². The summed E-state index contributed by atoms with van der Waals surface area (Å²) in [6.07, 6.45) is -8.78. The predicted molar refractivity (Wildman–Crippen MR) is 58.9 cm³/mol. The number of esters is 1. The maximum absolute atomic E-state index is 13.0. The first-order chi connectivity index (χ1) is 9.13. The summed E-state index contributed by atoms with van der Waals surface area (Å²) in [5, 5.41) is 0.304. The number of halogens is 6. The number of cyclic esters (lactones) is 1. The van der Waals surface area contributed by atoms with Crippen LogP contribution in [0.5, 0.6) is 0 Å². The van der Waals surface area contributed by atoms with E-state index in [1.807, 2.05) is 0 Å². The molecule has 1 heterocycles. The smallest absolute Gasteiger partial charge is 0.428 e. The molecule has 9 heteroatoms. The number of alkyl halides is 5. The van der Waals surface area contributed by atoms with Crippen molar-refractivity contribution in [3.05, 3.63) is 34.9 Å². The van der Waals surface area contributed by atoms with Crippen molar-refractivity contribution in [1.29, 1.82) is 0 Å². The number of carbonyl (C=O) groups is 1. The molecule has 0 fully saturated rings. The highest BCUT2D eigenvalue weighted by Gasteiger charge is 2.66. The lowest BCUT2D eigenvalue weighted by atomic mass is 10.1. The highest BCUT2D eigenvalue weighted by Crippen LogP contribution is 2.41. The second-order valence-electron chi connectivity index (χ2n) is 3.86. The number of hydrogen-bond acceptors (Lipinski definition) is 3. The Labute approximate surface area is 114 Å². The molecule has 0 amide bonds. The number of ether oxygens (including phenoxy) is 1. The van der Waals surface area contributed by atoms with Gasteiger partial charge in [0.25, 0.3) is 6.23 Å². The molecule has 0 saturated heterocycles. The maximum atomic E-state index is 13.0. The Morgan fingerprint density at radius 1 is 1.10 bits per heavy atom. The average molecular weight is 314 g/mol. The summed E-state index contributed by atoms with van der Waals surface area (Å²) in [5.74, 6) is -6.60. The zero-order valence-electron chi connectivity index (χ0n) is 9.42. The molecule has 0 saturated carbocycles. The van der Waals surface area contributed by atoms with Crippen molar-refractivity contribution in [2.45, 2.75) is 18.3 Å². The van der Waals surface area contributed by atoms with Crippen molar-refractivity contribution in [3.8, 4) is 0 Å². The summed E-state index contributed by atoms with van der Waals surface area (Å²) >= 11 is 5.59. The van der Waals surface area contributed by atoms with Crippen LogP contribution in [-0.4, -0.2) is 30.0 Å². The Bertz CT molecular complexity index is 567. The van der Waals surface area contributed by atoms with E-state index >= 15 is 0 Å². The van der Waals surface area contributed by atoms with Gasteiger partial charge in [0.05, 0.1) is 0 Å². The van der Waals surface area contributed by atoms with Crippen LogP contribution in [0.1, 0.15) is 5.56 Å². The van der Waals surface area contributed by atoms with E-state index in [9.17, 15) is 26.7 Å². The molecule has 0 N–H and O–H groups in total. The van der Waals surface area contributed by atoms with Gasteiger partial charge in [0.2, 0.25) is 0 Å². The number of aliphatic imine (C=N–C) groups is 1. The molecule has 0 aromatic heterocycles. The molecular formula is C11H5ClF5NO2. The van der Waals surface area contributed by atoms with E-state index in [0.29, 0.717) is 5.02 Å². The summed E-state index contributed by atoms with van der Waals surface area (Å²) < 4.78 is 66.6. The van der Waals surface area contributed by atoms with Crippen molar-refractivity contribution in [1.82, 2.24) is 0 Å². The molecule has 1 aromatic rings. The Balaban J connectivity index is 2.35. The van der Waals surface area contributed by atoms with Gasteiger partial charge < -0.3 is 4.74 Å². The summed E-state index contributed by atoms with van der Waals surface area (Å²) in [6.45, 7) is 0. The monoisotopic (exact) mass is 313 g/mol. The molecule has 1 atom stereocenters. The molecule has 1 aliphatic heterocycles. The van der Waals surface area contributed by atoms with Gasteiger partial charge in [-0.2, -0.15) is 22.0 Å². The fourth-order valence-corrected chi connectivity index (χ4v) is 1.57. The Hall–Kier alpha value is -1.70. The Morgan fingerprint density at radius 3 is 2.15 bits per heavy atom. The van der Waals surface area contributed by atoms with Crippen LogP contribution in [-0.2, 0) is 9.53 Å². The van der Waals surface area contributed by atoms with Gasteiger partial charge in [-0.25, -0.2) is 9.79 Å². The standard InChI is InChI=1S/C11H5ClF5NO2/c12-6-3-1-5(2-4-6)7-8(19)20-9(18-7)10(13,14)11(15,16)17/h1-4,9H. The highest BCUT2D eigenvalue weighted by atomic mass is 35.5. The maximum Gasteiger partial charge on any atom is 0.459 e. The van der Waals surface area contributed by atoms with Gasteiger partial charge >= 0.3 is 18.1 Å². The van der Waals surface area contributed by atoms with Crippen LogP contribution in [0.25, 0.3) is 0 Å². The molecule has 1 aliphatic rings. The number of rotatable bonds is 2. The van der Waals surface area contributed by atoms with E-state index in [0.717, 1.165) is 0 Å². The minimum atomic E-state index is -5.86. The van der Waals surface area contributed by atoms with E-state index in [-0.39, 0.29) is 5.56 Å². The highest BCUT2D eigenvalue weighted by molar-refractivity contribution is 6.44. The summed E-state index contributed by atoms with van der Waals surface area (Å²) in [5.41, 5.74) is -0.560. The van der Waals surface area contributed by atoms with Crippen LogP contribution in [0.2, 0.25) is 5.02 Å². The Kier molecular flexibility index (Phi) is 3.45. The molecule has 0 spiro atoms. The normalized spacial score (nSPS) is 19.8. The molecule has 108 valence electrons. The first-order valence-corrected chi connectivity index (χ1v) is 5.50. The summed E-state index contributed by atoms with van der Waals surface area (Å²) in [7, 11) is 0. The SMILES string of the molecule is O=C1OC(C(F)(F)C(F)(F)F)N=C1c1ccc(Cl)cc1. The van der Waals surface area contributed by atoms with E-state index < -0.39 is 30.0 Å². The minimum Gasteiger partial charge on any atom is -0.428 e. The topological polar surface area (TPSA) is 38.7 Å².